The average Bonchev–Trinajstić information content (AvgIpc) is 2.62. The number of sulfone groups is 1. The van der Waals surface area contributed by atoms with Crippen LogP contribution in [-0.2, 0) is 23.7 Å². The number of unbranched alkanes of at least 4 members (excludes halogenated alkanes) is 10. The van der Waals surface area contributed by atoms with Gasteiger partial charge in [0, 0.05) is 0 Å². The lowest BCUT2D eigenvalue weighted by Gasteiger charge is -2.13. The van der Waals surface area contributed by atoms with Gasteiger partial charge < -0.3 is 14.5 Å². The minimum atomic E-state index is -4.53. The Kier molecular flexibility index (Phi) is 17.7. The zero-order valence-electron chi connectivity index (χ0n) is 18.4. The molecule has 0 heterocycles. The highest BCUT2D eigenvalue weighted by atomic mass is 32.2. The van der Waals surface area contributed by atoms with E-state index in [1.54, 1.807) is 0 Å². The molecule has 0 amide bonds. The van der Waals surface area contributed by atoms with Gasteiger partial charge in [-0.3, -0.25) is 4.52 Å². The van der Waals surface area contributed by atoms with E-state index in [4.69, 9.17) is 14.5 Å². The predicted octanol–water partition coefficient (Wildman–Crippen LogP) is 5.01. The van der Waals surface area contributed by atoms with E-state index >= 15 is 0 Å². The minimum Gasteiger partial charge on any atom is -0.377 e. The third-order valence-corrected chi connectivity index (χ3v) is 7.09. The quantitative estimate of drug-likeness (QED) is 0.184. The van der Waals surface area contributed by atoms with Crippen molar-refractivity contribution in [2.24, 2.45) is 0 Å². The summed E-state index contributed by atoms with van der Waals surface area (Å²) in [6, 6.07) is 0. The fraction of sp³-hybridized carbons (Fsp3) is 1.00. The van der Waals surface area contributed by atoms with E-state index in [0.717, 1.165) is 12.8 Å². The van der Waals surface area contributed by atoms with Crippen LogP contribution in [0.1, 0.15) is 97.3 Å². The zero-order valence-corrected chi connectivity index (χ0v) is 20.1. The standard InChI is InChI=1S/C20H43O7PS/c1-3-4-5-6-7-8-9-10-11-12-13-15-20(2)26-17-19-29(24,25)18-14-16-27-28(21,22)23/h20H,3-19H2,1-2H3,(H2,21,22,23). The van der Waals surface area contributed by atoms with Crippen LogP contribution in [0.15, 0.2) is 0 Å². The van der Waals surface area contributed by atoms with Crippen LogP contribution in [0.3, 0.4) is 0 Å². The van der Waals surface area contributed by atoms with Gasteiger partial charge >= 0.3 is 7.82 Å². The average molecular weight is 459 g/mol. The Balaban J connectivity index is 3.52. The molecule has 0 fully saturated rings. The Bertz CT molecular complexity index is 519. The molecule has 0 aliphatic heterocycles. The fourth-order valence-electron chi connectivity index (χ4n) is 3.12. The van der Waals surface area contributed by atoms with Gasteiger partial charge in [-0.1, -0.05) is 77.6 Å². The molecule has 0 bridgehead atoms. The normalized spacial score (nSPS) is 13.7. The summed E-state index contributed by atoms with van der Waals surface area (Å²) in [5.41, 5.74) is 0. The van der Waals surface area contributed by atoms with Gasteiger partial charge in [0.2, 0.25) is 0 Å². The molecule has 0 spiro atoms. The van der Waals surface area contributed by atoms with Crippen LogP contribution in [-0.4, -0.2) is 49.0 Å². The zero-order chi connectivity index (χ0) is 22.0. The van der Waals surface area contributed by atoms with Crippen LogP contribution in [0.5, 0.6) is 0 Å². The van der Waals surface area contributed by atoms with E-state index in [2.05, 4.69) is 11.4 Å². The van der Waals surface area contributed by atoms with E-state index in [-0.39, 0.29) is 37.2 Å². The van der Waals surface area contributed by atoms with E-state index in [0.29, 0.717) is 0 Å². The third kappa shape index (κ3) is 22.5. The van der Waals surface area contributed by atoms with Crippen LogP contribution in [0.2, 0.25) is 0 Å². The Labute approximate surface area is 178 Å². The van der Waals surface area contributed by atoms with Crippen molar-refractivity contribution in [3.8, 4) is 0 Å². The van der Waals surface area contributed by atoms with Gasteiger partial charge in [0.15, 0.2) is 9.84 Å². The van der Waals surface area contributed by atoms with Crippen molar-refractivity contribution < 1.29 is 32.0 Å². The van der Waals surface area contributed by atoms with Crippen molar-refractivity contribution in [1.29, 1.82) is 0 Å². The Hall–Kier alpha value is 0.0200. The number of hydrogen-bond donors (Lipinski definition) is 2. The van der Waals surface area contributed by atoms with E-state index < -0.39 is 17.7 Å². The molecule has 9 heteroatoms. The van der Waals surface area contributed by atoms with Gasteiger partial charge in [-0.25, -0.2) is 13.0 Å². The summed E-state index contributed by atoms with van der Waals surface area (Å²) in [5, 5.41) is 0. The van der Waals surface area contributed by atoms with Crippen molar-refractivity contribution in [1.82, 2.24) is 0 Å². The highest BCUT2D eigenvalue weighted by Crippen LogP contribution is 2.35. The lowest BCUT2D eigenvalue weighted by molar-refractivity contribution is 0.0695. The monoisotopic (exact) mass is 458 g/mol. The van der Waals surface area contributed by atoms with Crippen LogP contribution in [0, 0.1) is 0 Å². The maximum atomic E-state index is 11.9. The van der Waals surface area contributed by atoms with E-state index in [9.17, 15) is 13.0 Å². The molecular formula is C20H43O7PS. The summed E-state index contributed by atoms with van der Waals surface area (Å²) in [7, 11) is -7.83. The maximum Gasteiger partial charge on any atom is 0.469 e. The highest BCUT2D eigenvalue weighted by molar-refractivity contribution is 7.91. The fourth-order valence-corrected chi connectivity index (χ4v) is 4.60. The molecule has 0 radical (unpaired) electrons. The third-order valence-electron chi connectivity index (χ3n) is 4.87. The summed E-state index contributed by atoms with van der Waals surface area (Å²) in [4.78, 5) is 17.1. The molecule has 176 valence electrons. The largest absolute Gasteiger partial charge is 0.469 e. The molecule has 0 aliphatic carbocycles. The van der Waals surface area contributed by atoms with Crippen molar-refractivity contribution in [2.75, 3.05) is 24.7 Å². The molecule has 29 heavy (non-hydrogen) atoms. The molecule has 0 saturated heterocycles. The molecule has 1 atom stereocenters. The molecule has 0 saturated carbocycles. The number of phosphoric ester groups is 1. The van der Waals surface area contributed by atoms with Crippen molar-refractivity contribution in [3.05, 3.63) is 0 Å². The van der Waals surface area contributed by atoms with Crippen LogP contribution in [0.4, 0.5) is 0 Å². The number of hydrogen-bond acceptors (Lipinski definition) is 5. The van der Waals surface area contributed by atoms with E-state index in [1.807, 2.05) is 6.92 Å². The maximum absolute atomic E-state index is 11.9. The molecule has 0 rings (SSSR count). The lowest BCUT2D eigenvalue weighted by Crippen LogP contribution is -2.19. The van der Waals surface area contributed by atoms with Crippen molar-refractivity contribution >= 4 is 17.7 Å². The molecule has 7 nitrogen and oxygen atoms in total. The molecule has 0 aromatic rings. The number of rotatable bonds is 21. The first-order valence-electron chi connectivity index (χ1n) is 11.2. The van der Waals surface area contributed by atoms with Crippen molar-refractivity contribution in [3.63, 3.8) is 0 Å². The lowest BCUT2D eigenvalue weighted by atomic mass is 10.0. The van der Waals surface area contributed by atoms with Crippen LogP contribution < -0.4 is 0 Å². The van der Waals surface area contributed by atoms with Crippen molar-refractivity contribution in [2.45, 2.75) is 103 Å². The molecular weight excluding hydrogens is 415 g/mol. The van der Waals surface area contributed by atoms with Crippen LogP contribution in [0.25, 0.3) is 0 Å². The number of ether oxygens (including phenoxy) is 1. The molecule has 0 aromatic heterocycles. The number of phosphoric acid groups is 1. The van der Waals surface area contributed by atoms with E-state index in [1.165, 1.54) is 64.2 Å². The second-order valence-corrected chi connectivity index (χ2v) is 11.4. The molecule has 1 unspecified atom stereocenters. The first-order valence-corrected chi connectivity index (χ1v) is 14.5. The molecule has 0 aromatic carbocycles. The minimum absolute atomic E-state index is 0.0433. The predicted molar refractivity (Wildman–Crippen MR) is 118 cm³/mol. The summed E-state index contributed by atoms with van der Waals surface area (Å²) in [6.07, 6.45) is 15.3. The first kappa shape index (κ1) is 29.0. The molecule has 2 N–H and O–H groups in total. The second-order valence-electron chi connectivity index (χ2n) is 7.83. The van der Waals surface area contributed by atoms with Gasteiger partial charge in [0.25, 0.3) is 0 Å². The van der Waals surface area contributed by atoms with Crippen LogP contribution >= 0.6 is 7.82 Å². The molecule has 0 aliphatic rings. The van der Waals surface area contributed by atoms with Gasteiger partial charge in [0.1, 0.15) is 0 Å². The van der Waals surface area contributed by atoms with Gasteiger partial charge in [-0.2, -0.15) is 0 Å². The van der Waals surface area contributed by atoms with Gasteiger partial charge in [-0.05, 0) is 19.8 Å². The Morgan fingerprint density at radius 3 is 1.83 bits per heavy atom. The Morgan fingerprint density at radius 1 is 0.793 bits per heavy atom. The topological polar surface area (TPSA) is 110 Å². The summed E-state index contributed by atoms with van der Waals surface area (Å²) >= 11 is 0. The highest BCUT2D eigenvalue weighted by Gasteiger charge is 2.16. The first-order chi connectivity index (χ1) is 13.7. The van der Waals surface area contributed by atoms with Gasteiger partial charge in [-0.15, -0.1) is 0 Å². The Morgan fingerprint density at radius 2 is 1.31 bits per heavy atom. The summed E-state index contributed by atoms with van der Waals surface area (Å²) < 4.78 is 44.1. The summed E-state index contributed by atoms with van der Waals surface area (Å²) in [6.45, 7) is 4.09. The van der Waals surface area contributed by atoms with Gasteiger partial charge in [0.05, 0.1) is 30.8 Å². The summed E-state index contributed by atoms with van der Waals surface area (Å²) in [5.74, 6) is -0.241. The second kappa shape index (κ2) is 17.7. The smallest absolute Gasteiger partial charge is 0.377 e. The SMILES string of the molecule is CCCCCCCCCCCCCC(C)OCCS(=O)(=O)CCCOP(=O)(O)O.